The normalized spacial score (nSPS) is 21.5. The number of rotatable bonds is 10. The maximum absolute atomic E-state index is 14.2. The summed E-state index contributed by atoms with van der Waals surface area (Å²) in [4.78, 5) is 44.2. The molecule has 226 valence electrons. The maximum atomic E-state index is 14.2. The molecule has 10 heteroatoms. The largest absolute Gasteiger partial charge is 0.481 e. The van der Waals surface area contributed by atoms with Gasteiger partial charge in [0.15, 0.2) is 0 Å². The highest BCUT2D eigenvalue weighted by atomic mass is 19.4. The number of nitrogens with one attached hydrogen (secondary N) is 1. The molecule has 7 nitrogen and oxygen atoms in total. The van der Waals surface area contributed by atoms with Crippen LogP contribution >= 0.6 is 0 Å². The first kappa shape index (κ1) is 31.3. The molecule has 1 heterocycles. The molecule has 0 bridgehead atoms. The number of alkyl halides is 3. The molecule has 1 aliphatic heterocycles. The van der Waals surface area contributed by atoms with Gasteiger partial charge in [-0.05, 0) is 73.8 Å². The number of carboxylic acid groups (broad SMARTS) is 1. The molecule has 1 saturated carbocycles. The van der Waals surface area contributed by atoms with Crippen molar-refractivity contribution in [2.24, 2.45) is 16.8 Å². The zero-order valence-corrected chi connectivity index (χ0v) is 24.2. The molecule has 42 heavy (non-hydrogen) atoms. The summed E-state index contributed by atoms with van der Waals surface area (Å²) in [5, 5.41) is 11.4. The summed E-state index contributed by atoms with van der Waals surface area (Å²) in [6, 6.07) is 11.3. The lowest BCUT2D eigenvalue weighted by molar-refractivity contribution is -0.138. The summed E-state index contributed by atoms with van der Waals surface area (Å²) in [7, 11) is 0. The second kappa shape index (κ2) is 12.7. The topological polar surface area (TPSA) is 99.1 Å². The van der Waals surface area contributed by atoms with Crippen molar-refractivity contribution >= 4 is 23.5 Å². The van der Waals surface area contributed by atoms with Gasteiger partial charge >= 0.3 is 12.1 Å². The minimum atomic E-state index is -4.54. The fourth-order valence-corrected chi connectivity index (χ4v) is 6.16. The Balaban J connectivity index is 1.70. The molecule has 0 aromatic heterocycles. The van der Waals surface area contributed by atoms with Gasteiger partial charge in [0, 0.05) is 17.7 Å². The average Bonchev–Trinajstić information content (AvgIpc) is 3.22. The Bertz CT molecular complexity index is 1330. The molecule has 2 aliphatic rings. The second-order valence-corrected chi connectivity index (χ2v) is 11.6. The standard InChI is InChI=1S/C32H38F3N3O4/c1-4-6-26(22-9-11-23(12-10-22)29(41)36-18-15-27(39)40)38-30(42)28(24-7-5-8-25(19-24)32(33,34)35)37-31(38)16-13-21(14-17-31)20(2)3/h5,7-12,19-21,26H,4,6,13-18H2,1-3H3,(H,36,41)(H,39,40)/t21?,26-,31?/m1/s1. The van der Waals surface area contributed by atoms with E-state index in [2.05, 4.69) is 19.2 Å². The summed E-state index contributed by atoms with van der Waals surface area (Å²) in [6.07, 6.45) is -0.427. The van der Waals surface area contributed by atoms with Crippen LogP contribution in [-0.4, -0.2) is 45.7 Å². The molecule has 2 aromatic rings. The lowest BCUT2D eigenvalue weighted by Gasteiger charge is -2.46. The molecule has 1 spiro atoms. The van der Waals surface area contributed by atoms with Gasteiger partial charge in [-0.1, -0.05) is 51.5 Å². The Hall–Kier alpha value is -3.69. The van der Waals surface area contributed by atoms with Crippen molar-refractivity contribution in [2.45, 2.75) is 83.6 Å². The number of amides is 2. The number of aliphatic imine (C=N–C) groups is 1. The first-order chi connectivity index (χ1) is 19.9. The molecule has 0 saturated heterocycles. The predicted octanol–water partition coefficient (Wildman–Crippen LogP) is 6.63. The van der Waals surface area contributed by atoms with Gasteiger partial charge in [-0.3, -0.25) is 19.4 Å². The number of carboxylic acids is 1. The van der Waals surface area contributed by atoms with E-state index in [1.807, 2.05) is 6.92 Å². The lowest BCUT2D eigenvalue weighted by Crippen LogP contribution is -2.51. The number of aliphatic carboxylic acids is 1. The number of hydrogen-bond donors (Lipinski definition) is 2. The number of hydrogen-bond acceptors (Lipinski definition) is 4. The van der Waals surface area contributed by atoms with E-state index in [4.69, 9.17) is 10.1 Å². The molecule has 1 fully saturated rings. The van der Waals surface area contributed by atoms with Crippen LogP contribution in [0.2, 0.25) is 0 Å². The van der Waals surface area contributed by atoms with Crippen LogP contribution in [0.25, 0.3) is 0 Å². The van der Waals surface area contributed by atoms with Crippen LogP contribution in [0.15, 0.2) is 53.5 Å². The second-order valence-electron chi connectivity index (χ2n) is 11.6. The molecule has 2 N–H and O–H groups in total. The Morgan fingerprint density at radius 3 is 2.36 bits per heavy atom. The third-order valence-corrected chi connectivity index (χ3v) is 8.48. The maximum Gasteiger partial charge on any atom is 0.416 e. The van der Waals surface area contributed by atoms with Crippen molar-refractivity contribution in [1.82, 2.24) is 10.2 Å². The molecule has 0 radical (unpaired) electrons. The Morgan fingerprint density at radius 2 is 1.79 bits per heavy atom. The molecule has 2 aromatic carbocycles. The van der Waals surface area contributed by atoms with Gasteiger partial charge < -0.3 is 15.3 Å². The van der Waals surface area contributed by atoms with E-state index < -0.39 is 35.3 Å². The first-order valence-electron chi connectivity index (χ1n) is 14.6. The van der Waals surface area contributed by atoms with Gasteiger partial charge in [0.1, 0.15) is 11.4 Å². The molecule has 2 amide bonds. The van der Waals surface area contributed by atoms with Crippen LogP contribution in [0.5, 0.6) is 0 Å². The van der Waals surface area contributed by atoms with Crippen LogP contribution < -0.4 is 5.32 Å². The Labute approximate surface area is 244 Å². The first-order valence-corrected chi connectivity index (χ1v) is 14.6. The molecule has 4 rings (SSSR count). The third kappa shape index (κ3) is 6.68. The Morgan fingerprint density at radius 1 is 1.12 bits per heavy atom. The van der Waals surface area contributed by atoms with E-state index in [-0.39, 0.29) is 30.1 Å². The zero-order valence-electron chi connectivity index (χ0n) is 24.2. The minimum Gasteiger partial charge on any atom is -0.481 e. The molecule has 1 aliphatic carbocycles. The van der Waals surface area contributed by atoms with Crippen molar-refractivity contribution in [3.63, 3.8) is 0 Å². The van der Waals surface area contributed by atoms with Crippen molar-refractivity contribution in [3.8, 4) is 0 Å². The van der Waals surface area contributed by atoms with Gasteiger partial charge in [0.25, 0.3) is 11.8 Å². The highest BCUT2D eigenvalue weighted by Gasteiger charge is 2.52. The average molecular weight is 586 g/mol. The summed E-state index contributed by atoms with van der Waals surface area (Å²) in [5.41, 5.74) is -0.309. The number of nitrogens with zero attached hydrogens (tertiary/aromatic N) is 2. The van der Waals surface area contributed by atoms with Crippen LogP contribution in [0.4, 0.5) is 13.2 Å². The van der Waals surface area contributed by atoms with E-state index >= 15 is 0 Å². The quantitative estimate of drug-likeness (QED) is 0.327. The molecular formula is C32H38F3N3O4. The van der Waals surface area contributed by atoms with Crippen molar-refractivity contribution in [1.29, 1.82) is 0 Å². The summed E-state index contributed by atoms with van der Waals surface area (Å²) >= 11 is 0. The van der Waals surface area contributed by atoms with E-state index in [1.54, 1.807) is 29.2 Å². The number of benzene rings is 2. The van der Waals surface area contributed by atoms with E-state index in [0.29, 0.717) is 36.7 Å². The minimum absolute atomic E-state index is 0.00615. The number of carbonyl (C=O) groups is 3. The fraction of sp³-hybridized carbons (Fsp3) is 0.500. The number of carbonyl (C=O) groups excluding carboxylic acids is 2. The van der Waals surface area contributed by atoms with Crippen LogP contribution in [0.1, 0.15) is 98.8 Å². The monoisotopic (exact) mass is 585 g/mol. The van der Waals surface area contributed by atoms with Gasteiger partial charge in [-0.2, -0.15) is 13.2 Å². The summed E-state index contributed by atoms with van der Waals surface area (Å²) in [5.74, 6) is -0.840. The fourth-order valence-electron chi connectivity index (χ4n) is 6.16. The Kier molecular flexibility index (Phi) is 9.43. The SMILES string of the molecule is CCC[C@H](c1ccc(C(=O)NCCC(=O)O)cc1)N1C(=O)C(c2cccc(C(F)(F)F)c2)=NC12CCC(C(C)C)CC2. The van der Waals surface area contributed by atoms with E-state index in [9.17, 15) is 27.6 Å². The smallest absolute Gasteiger partial charge is 0.416 e. The van der Waals surface area contributed by atoms with Crippen LogP contribution in [0.3, 0.4) is 0 Å². The van der Waals surface area contributed by atoms with Gasteiger partial charge in [0.05, 0.1) is 18.0 Å². The predicted molar refractivity (Wildman–Crippen MR) is 153 cm³/mol. The van der Waals surface area contributed by atoms with Crippen molar-refractivity contribution in [3.05, 3.63) is 70.8 Å². The molecule has 1 atom stereocenters. The van der Waals surface area contributed by atoms with E-state index in [1.165, 1.54) is 12.1 Å². The molecule has 0 unspecified atom stereocenters. The summed E-state index contributed by atoms with van der Waals surface area (Å²) < 4.78 is 40.6. The van der Waals surface area contributed by atoms with Gasteiger partial charge in [-0.15, -0.1) is 0 Å². The molecular weight excluding hydrogens is 547 g/mol. The zero-order chi connectivity index (χ0) is 30.7. The highest BCUT2D eigenvalue weighted by molar-refractivity contribution is 6.46. The van der Waals surface area contributed by atoms with Gasteiger partial charge in [0.2, 0.25) is 0 Å². The lowest BCUT2D eigenvalue weighted by atomic mass is 9.76. The van der Waals surface area contributed by atoms with Crippen molar-refractivity contribution < 1.29 is 32.7 Å². The third-order valence-electron chi connectivity index (χ3n) is 8.48. The van der Waals surface area contributed by atoms with Crippen molar-refractivity contribution in [2.75, 3.05) is 6.54 Å². The highest BCUT2D eigenvalue weighted by Crippen LogP contribution is 2.48. The summed E-state index contributed by atoms with van der Waals surface area (Å²) in [6.45, 7) is 6.37. The van der Waals surface area contributed by atoms with Crippen LogP contribution in [0, 0.1) is 11.8 Å². The van der Waals surface area contributed by atoms with Crippen LogP contribution in [-0.2, 0) is 15.8 Å². The number of halogens is 3. The van der Waals surface area contributed by atoms with E-state index in [0.717, 1.165) is 37.0 Å². The van der Waals surface area contributed by atoms with Gasteiger partial charge in [-0.25, -0.2) is 0 Å².